The van der Waals surface area contributed by atoms with Crippen LogP contribution in [0.5, 0.6) is 5.75 Å². The van der Waals surface area contributed by atoms with E-state index in [1.54, 1.807) is 7.11 Å². The van der Waals surface area contributed by atoms with Crippen molar-refractivity contribution in [3.63, 3.8) is 0 Å². The van der Waals surface area contributed by atoms with Gasteiger partial charge in [-0.1, -0.05) is 0 Å². The Hall–Kier alpha value is -0.540. The van der Waals surface area contributed by atoms with Crippen molar-refractivity contribution < 1.29 is 4.74 Å². The Kier molecular flexibility index (Phi) is 3.87. The summed E-state index contributed by atoms with van der Waals surface area (Å²) in [5.74, 6) is 1.72. The van der Waals surface area contributed by atoms with Gasteiger partial charge in [-0.25, -0.2) is 0 Å². The highest BCUT2D eigenvalue weighted by molar-refractivity contribution is 9.10. The molecule has 1 fully saturated rings. The Morgan fingerprint density at radius 3 is 2.94 bits per heavy atom. The summed E-state index contributed by atoms with van der Waals surface area (Å²) >= 11 is 3.52. The van der Waals surface area contributed by atoms with Crippen molar-refractivity contribution in [1.29, 1.82) is 0 Å². The van der Waals surface area contributed by atoms with Crippen LogP contribution >= 0.6 is 15.9 Å². The summed E-state index contributed by atoms with van der Waals surface area (Å²) in [5, 5.41) is 3.41. The summed E-state index contributed by atoms with van der Waals surface area (Å²) in [6, 6.07) is 4.31. The van der Waals surface area contributed by atoms with E-state index in [4.69, 9.17) is 4.74 Å². The average Bonchev–Trinajstić information content (AvgIpc) is 2.75. The molecule has 3 heteroatoms. The molecule has 2 nitrogen and oxygen atoms in total. The maximum absolute atomic E-state index is 5.34. The summed E-state index contributed by atoms with van der Waals surface area (Å²) < 4.78 is 6.39. The van der Waals surface area contributed by atoms with Crippen LogP contribution in [0.15, 0.2) is 16.6 Å². The van der Waals surface area contributed by atoms with E-state index in [0.29, 0.717) is 0 Å². The summed E-state index contributed by atoms with van der Waals surface area (Å²) in [4.78, 5) is 0. The first kappa shape index (κ1) is 11.9. The van der Waals surface area contributed by atoms with E-state index < -0.39 is 0 Å². The highest BCUT2D eigenvalue weighted by atomic mass is 79.9. The van der Waals surface area contributed by atoms with Gasteiger partial charge in [0.1, 0.15) is 5.75 Å². The lowest BCUT2D eigenvalue weighted by atomic mass is 9.95. The fourth-order valence-electron chi connectivity index (χ4n) is 2.27. The van der Waals surface area contributed by atoms with Gasteiger partial charge in [-0.3, -0.25) is 0 Å². The van der Waals surface area contributed by atoms with Gasteiger partial charge >= 0.3 is 0 Å². The Bertz CT molecular complexity index is 372. The number of methoxy groups -OCH3 is 1. The topological polar surface area (TPSA) is 21.3 Å². The molecule has 16 heavy (non-hydrogen) atoms. The number of nitrogens with one attached hydrogen (secondary N) is 1. The first-order valence-corrected chi connectivity index (χ1v) is 6.53. The second kappa shape index (κ2) is 5.19. The van der Waals surface area contributed by atoms with Gasteiger partial charge in [-0.15, -0.1) is 0 Å². The zero-order valence-corrected chi connectivity index (χ0v) is 11.4. The zero-order valence-electron chi connectivity index (χ0n) is 9.85. The molecule has 0 radical (unpaired) electrons. The summed E-state index contributed by atoms with van der Waals surface area (Å²) in [6.07, 6.45) is 2.44. The normalized spacial score (nSPS) is 20.1. The SMILES string of the molecule is COc1cc(CC2CCNC2)c(C)cc1Br. The van der Waals surface area contributed by atoms with E-state index in [-0.39, 0.29) is 0 Å². The van der Waals surface area contributed by atoms with Gasteiger partial charge in [0.25, 0.3) is 0 Å². The Morgan fingerprint density at radius 2 is 2.31 bits per heavy atom. The van der Waals surface area contributed by atoms with Crippen LogP contribution in [0.1, 0.15) is 17.5 Å². The molecule has 1 N–H and O–H groups in total. The van der Waals surface area contributed by atoms with Crippen LogP contribution < -0.4 is 10.1 Å². The third kappa shape index (κ3) is 2.58. The largest absolute Gasteiger partial charge is 0.496 e. The Morgan fingerprint density at radius 1 is 1.50 bits per heavy atom. The van der Waals surface area contributed by atoms with Crippen molar-refractivity contribution in [3.05, 3.63) is 27.7 Å². The maximum atomic E-state index is 5.34. The van der Waals surface area contributed by atoms with Crippen molar-refractivity contribution in [2.45, 2.75) is 19.8 Å². The number of aryl methyl sites for hydroxylation is 1. The van der Waals surface area contributed by atoms with Crippen molar-refractivity contribution >= 4 is 15.9 Å². The fraction of sp³-hybridized carbons (Fsp3) is 0.538. The van der Waals surface area contributed by atoms with Crippen LogP contribution in [0.25, 0.3) is 0 Å². The van der Waals surface area contributed by atoms with Crippen molar-refractivity contribution in [2.75, 3.05) is 20.2 Å². The molecule has 0 aliphatic carbocycles. The van der Waals surface area contributed by atoms with Gasteiger partial charge in [0.2, 0.25) is 0 Å². The lowest BCUT2D eigenvalue weighted by Gasteiger charge is -2.13. The van der Waals surface area contributed by atoms with Gasteiger partial charge in [-0.05, 0) is 78.0 Å². The molecule has 0 saturated carbocycles. The number of halogens is 1. The summed E-state index contributed by atoms with van der Waals surface area (Å²) in [6.45, 7) is 4.48. The predicted molar refractivity (Wildman–Crippen MR) is 70.1 cm³/mol. The minimum absolute atomic E-state index is 0.782. The van der Waals surface area contributed by atoms with Crippen molar-refractivity contribution in [3.8, 4) is 5.75 Å². The number of rotatable bonds is 3. The van der Waals surface area contributed by atoms with E-state index in [1.807, 2.05) is 0 Å². The van der Waals surface area contributed by atoms with Crippen LogP contribution in [0, 0.1) is 12.8 Å². The van der Waals surface area contributed by atoms with E-state index >= 15 is 0 Å². The standard InChI is InChI=1S/C13H18BrNO/c1-9-5-12(14)13(16-2)7-11(9)6-10-3-4-15-8-10/h5,7,10,15H,3-4,6,8H2,1-2H3. The molecule has 1 heterocycles. The molecule has 0 spiro atoms. The number of benzene rings is 1. The third-order valence-electron chi connectivity index (χ3n) is 3.28. The first-order chi connectivity index (χ1) is 7.70. The van der Waals surface area contributed by atoms with Crippen LogP contribution in [0.4, 0.5) is 0 Å². The zero-order chi connectivity index (χ0) is 11.5. The number of hydrogen-bond acceptors (Lipinski definition) is 2. The van der Waals surface area contributed by atoms with Crippen molar-refractivity contribution in [1.82, 2.24) is 5.32 Å². The van der Waals surface area contributed by atoms with Crippen LogP contribution in [0.2, 0.25) is 0 Å². The molecule has 1 aromatic rings. The average molecular weight is 284 g/mol. The monoisotopic (exact) mass is 283 g/mol. The smallest absolute Gasteiger partial charge is 0.133 e. The molecule has 1 saturated heterocycles. The molecule has 1 unspecified atom stereocenters. The van der Waals surface area contributed by atoms with Crippen LogP contribution in [-0.2, 0) is 6.42 Å². The van der Waals surface area contributed by atoms with Gasteiger partial charge in [0.15, 0.2) is 0 Å². The van der Waals surface area contributed by atoms with E-state index in [2.05, 4.69) is 40.3 Å². The number of hydrogen-bond donors (Lipinski definition) is 1. The van der Waals surface area contributed by atoms with E-state index in [1.165, 1.54) is 17.5 Å². The van der Waals surface area contributed by atoms with Gasteiger partial charge < -0.3 is 10.1 Å². The highest BCUT2D eigenvalue weighted by Gasteiger charge is 2.16. The maximum Gasteiger partial charge on any atom is 0.133 e. The van der Waals surface area contributed by atoms with Gasteiger partial charge in [0, 0.05) is 0 Å². The summed E-state index contributed by atoms with van der Waals surface area (Å²) in [5.41, 5.74) is 2.76. The molecule has 2 rings (SSSR count). The van der Waals surface area contributed by atoms with Crippen LogP contribution in [-0.4, -0.2) is 20.2 Å². The molecule has 1 aromatic carbocycles. The molecular formula is C13H18BrNO. The fourth-order valence-corrected chi connectivity index (χ4v) is 2.89. The minimum Gasteiger partial charge on any atom is -0.496 e. The Labute approximate surface area is 106 Å². The van der Waals surface area contributed by atoms with Gasteiger partial charge in [0.05, 0.1) is 11.6 Å². The van der Waals surface area contributed by atoms with Crippen molar-refractivity contribution in [2.24, 2.45) is 5.92 Å². The quantitative estimate of drug-likeness (QED) is 0.921. The van der Waals surface area contributed by atoms with Crippen LogP contribution in [0.3, 0.4) is 0 Å². The van der Waals surface area contributed by atoms with Gasteiger partial charge in [-0.2, -0.15) is 0 Å². The third-order valence-corrected chi connectivity index (χ3v) is 3.90. The molecule has 1 atom stereocenters. The van der Waals surface area contributed by atoms with E-state index in [0.717, 1.165) is 35.7 Å². The predicted octanol–water partition coefficient (Wildman–Crippen LogP) is 2.92. The first-order valence-electron chi connectivity index (χ1n) is 5.74. The second-order valence-electron chi connectivity index (χ2n) is 4.48. The summed E-state index contributed by atoms with van der Waals surface area (Å²) in [7, 11) is 1.72. The molecule has 0 aromatic heterocycles. The molecule has 1 aliphatic heterocycles. The lowest BCUT2D eigenvalue weighted by molar-refractivity contribution is 0.411. The molecular weight excluding hydrogens is 266 g/mol. The Balaban J connectivity index is 2.18. The molecule has 0 amide bonds. The minimum atomic E-state index is 0.782. The molecule has 1 aliphatic rings. The molecule has 88 valence electrons. The highest BCUT2D eigenvalue weighted by Crippen LogP contribution is 2.30. The van der Waals surface area contributed by atoms with E-state index in [9.17, 15) is 0 Å². The lowest BCUT2D eigenvalue weighted by Crippen LogP contribution is -2.11. The molecule has 0 bridgehead atoms. The number of ether oxygens (including phenoxy) is 1. The second-order valence-corrected chi connectivity index (χ2v) is 5.33.